The Morgan fingerprint density at radius 2 is 2.05 bits per heavy atom. The first kappa shape index (κ1) is 12.8. The number of aromatic nitrogens is 2. The molecule has 0 saturated carbocycles. The van der Waals surface area contributed by atoms with Crippen LogP contribution in [0.2, 0.25) is 0 Å². The van der Waals surface area contributed by atoms with E-state index < -0.39 is 11.5 Å². The smallest absolute Gasteiger partial charge is 0.343 e. The van der Waals surface area contributed by atoms with Crippen molar-refractivity contribution in [2.45, 2.75) is 6.42 Å². The fourth-order valence-corrected chi connectivity index (χ4v) is 1.73. The lowest BCUT2D eigenvalue weighted by atomic mass is 10.2. The number of nitrogens with zero attached hydrogens (tertiary/aromatic N) is 1. The number of hydrogen-bond acceptors (Lipinski definition) is 4. The Morgan fingerprint density at radius 1 is 1.32 bits per heavy atom. The van der Waals surface area contributed by atoms with Gasteiger partial charge >= 0.3 is 5.97 Å². The molecule has 0 unspecified atom stereocenters. The highest BCUT2D eigenvalue weighted by Crippen LogP contribution is 2.10. The molecule has 0 amide bonds. The summed E-state index contributed by atoms with van der Waals surface area (Å²) >= 11 is 0. The summed E-state index contributed by atoms with van der Waals surface area (Å²) in [6.45, 7) is 0.535. The van der Waals surface area contributed by atoms with Crippen LogP contribution in [0.4, 0.5) is 5.69 Å². The van der Waals surface area contributed by atoms with E-state index >= 15 is 0 Å². The van der Waals surface area contributed by atoms with E-state index in [-0.39, 0.29) is 5.56 Å². The highest BCUT2D eigenvalue weighted by atomic mass is 16.4. The van der Waals surface area contributed by atoms with Crippen molar-refractivity contribution in [1.29, 1.82) is 0 Å². The van der Waals surface area contributed by atoms with Gasteiger partial charge in [-0.1, -0.05) is 0 Å². The second kappa shape index (κ2) is 5.81. The number of aromatic amines is 1. The molecule has 0 radical (unpaired) electrons. The third kappa shape index (κ3) is 3.19. The van der Waals surface area contributed by atoms with Crippen LogP contribution in [0.3, 0.4) is 0 Å². The van der Waals surface area contributed by atoms with Gasteiger partial charge in [0.15, 0.2) is 0 Å². The Kier molecular flexibility index (Phi) is 3.92. The summed E-state index contributed by atoms with van der Waals surface area (Å²) in [5, 5.41) is 12.0. The standard InChI is InChI=1S/C13H13N3O3/c17-12-11(13(18)19)10(4-8-16-12)15-7-3-9-1-5-14-6-2-9/h1-2,4-6,8H,3,7H2,(H,18,19)(H2,15,16,17). The van der Waals surface area contributed by atoms with Crippen LogP contribution in [0.15, 0.2) is 41.6 Å². The van der Waals surface area contributed by atoms with Crippen LogP contribution in [-0.4, -0.2) is 27.6 Å². The van der Waals surface area contributed by atoms with Crippen molar-refractivity contribution in [3.05, 3.63) is 58.3 Å². The summed E-state index contributed by atoms with van der Waals surface area (Å²) in [4.78, 5) is 28.7. The van der Waals surface area contributed by atoms with Crippen LogP contribution >= 0.6 is 0 Å². The van der Waals surface area contributed by atoms with Crippen molar-refractivity contribution in [2.75, 3.05) is 11.9 Å². The number of hydrogen-bond donors (Lipinski definition) is 3. The molecule has 0 atom stereocenters. The van der Waals surface area contributed by atoms with E-state index in [9.17, 15) is 9.59 Å². The summed E-state index contributed by atoms with van der Waals surface area (Å²) in [6.07, 6.45) is 5.54. The van der Waals surface area contributed by atoms with E-state index in [4.69, 9.17) is 5.11 Å². The van der Waals surface area contributed by atoms with Crippen molar-refractivity contribution in [1.82, 2.24) is 9.97 Å². The number of nitrogens with one attached hydrogen (secondary N) is 2. The topological polar surface area (TPSA) is 95.1 Å². The summed E-state index contributed by atoms with van der Waals surface area (Å²) in [7, 11) is 0. The monoisotopic (exact) mass is 259 g/mol. The maximum atomic E-state index is 11.4. The normalized spacial score (nSPS) is 10.1. The van der Waals surface area contributed by atoms with Crippen molar-refractivity contribution in [3.63, 3.8) is 0 Å². The molecular formula is C13H13N3O3. The molecule has 19 heavy (non-hydrogen) atoms. The molecule has 0 bridgehead atoms. The number of aromatic carboxylic acids is 1. The minimum absolute atomic E-state index is 0.266. The molecule has 3 N–H and O–H groups in total. The zero-order valence-corrected chi connectivity index (χ0v) is 10.1. The third-order valence-electron chi connectivity index (χ3n) is 2.65. The maximum absolute atomic E-state index is 11.4. The molecule has 0 aliphatic heterocycles. The molecule has 0 fully saturated rings. The molecule has 6 heteroatoms. The molecule has 0 aromatic carbocycles. The van der Waals surface area contributed by atoms with Crippen LogP contribution in [0.5, 0.6) is 0 Å². The SMILES string of the molecule is O=C(O)c1c(NCCc2ccncc2)cc[nH]c1=O. The van der Waals surface area contributed by atoms with Gasteiger partial charge in [0.1, 0.15) is 5.56 Å². The van der Waals surface area contributed by atoms with Gasteiger partial charge in [0, 0.05) is 25.1 Å². The van der Waals surface area contributed by atoms with Gasteiger partial charge in [0.25, 0.3) is 5.56 Å². The van der Waals surface area contributed by atoms with Crippen LogP contribution in [0, 0.1) is 0 Å². The lowest BCUT2D eigenvalue weighted by Crippen LogP contribution is -2.20. The molecule has 6 nitrogen and oxygen atoms in total. The van der Waals surface area contributed by atoms with E-state index in [2.05, 4.69) is 15.3 Å². The van der Waals surface area contributed by atoms with Crippen molar-refractivity contribution in [2.24, 2.45) is 0 Å². The number of anilines is 1. The van der Waals surface area contributed by atoms with Gasteiger partial charge in [-0.25, -0.2) is 4.79 Å². The Labute approximate surface area is 109 Å². The molecular weight excluding hydrogens is 246 g/mol. The average molecular weight is 259 g/mol. The molecule has 2 aromatic heterocycles. The molecule has 0 spiro atoms. The molecule has 2 rings (SSSR count). The number of H-pyrrole nitrogens is 1. The van der Waals surface area contributed by atoms with E-state index in [0.717, 1.165) is 5.56 Å². The van der Waals surface area contributed by atoms with Gasteiger partial charge < -0.3 is 15.4 Å². The van der Waals surface area contributed by atoms with Crippen LogP contribution in [0.1, 0.15) is 15.9 Å². The quantitative estimate of drug-likeness (QED) is 0.748. The maximum Gasteiger partial charge on any atom is 0.343 e. The summed E-state index contributed by atoms with van der Waals surface area (Å²) in [6, 6.07) is 5.31. The molecule has 2 aromatic rings. The van der Waals surface area contributed by atoms with Crippen molar-refractivity contribution < 1.29 is 9.90 Å². The summed E-state index contributed by atoms with van der Waals surface area (Å²) in [5.74, 6) is -1.24. The minimum Gasteiger partial charge on any atom is -0.477 e. The predicted molar refractivity (Wildman–Crippen MR) is 70.5 cm³/mol. The minimum atomic E-state index is -1.24. The molecule has 0 saturated heterocycles. The summed E-state index contributed by atoms with van der Waals surface area (Å²) in [5.41, 5.74) is 0.535. The first-order valence-electron chi connectivity index (χ1n) is 5.76. The highest BCUT2D eigenvalue weighted by Gasteiger charge is 2.13. The third-order valence-corrected chi connectivity index (χ3v) is 2.65. The van der Waals surface area contributed by atoms with Gasteiger partial charge in [-0.2, -0.15) is 0 Å². The summed E-state index contributed by atoms with van der Waals surface area (Å²) < 4.78 is 0. The second-order valence-electron chi connectivity index (χ2n) is 3.93. The number of rotatable bonds is 5. The number of carbonyl (C=O) groups is 1. The number of carboxylic acid groups (broad SMARTS) is 1. The fraction of sp³-hybridized carbons (Fsp3) is 0.154. The van der Waals surface area contributed by atoms with Gasteiger partial charge in [0.05, 0.1) is 5.69 Å². The Bertz CT molecular complexity index is 623. The fourth-order valence-electron chi connectivity index (χ4n) is 1.73. The van der Waals surface area contributed by atoms with Crippen LogP contribution in [-0.2, 0) is 6.42 Å². The van der Waals surface area contributed by atoms with Crippen LogP contribution < -0.4 is 10.9 Å². The Morgan fingerprint density at radius 3 is 2.74 bits per heavy atom. The highest BCUT2D eigenvalue weighted by molar-refractivity contribution is 5.93. The lowest BCUT2D eigenvalue weighted by molar-refractivity contribution is 0.0696. The van der Waals surface area contributed by atoms with Gasteiger partial charge in [-0.3, -0.25) is 9.78 Å². The molecule has 0 aliphatic rings. The van der Waals surface area contributed by atoms with Crippen LogP contribution in [0.25, 0.3) is 0 Å². The first-order valence-corrected chi connectivity index (χ1v) is 5.76. The number of pyridine rings is 2. The van der Waals surface area contributed by atoms with E-state index in [0.29, 0.717) is 18.7 Å². The number of carboxylic acids is 1. The average Bonchev–Trinajstić information content (AvgIpc) is 2.39. The van der Waals surface area contributed by atoms with E-state index in [1.165, 1.54) is 12.3 Å². The zero-order valence-electron chi connectivity index (χ0n) is 10.1. The van der Waals surface area contributed by atoms with E-state index in [1.807, 2.05) is 12.1 Å². The molecule has 0 aliphatic carbocycles. The first-order chi connectivity index (χ1) is 9.18. The van der Waals surface area contributed by atoms with Gasteiger partial charge in [-0.05, 0) is 30.2 Å². The zero-order chi connectivity index (χ0) is 13.7. The van der Waals surface area contributed by atoms with E-state index in [1.54, 1.807) is 12.4 Å². The lowest BCUT2D eigenvalue weighted by Gasteiger charge is -2.08. The van der Waals surface area contributed by atoms with Crippen molar-refractivity contribution in [3.8, 4) is 0 Å². The second-order valence-corrected chi connectivity index (χ2v) is 3.93. The molecule has 2 heterocycles. The Hall–Kier alpha value is -2.63. The predicted octanol–water partition coefficient (Wildman–Crippen LogP) is 1.12. The molecule has 98 valence electrons. The van der Waals surface area contributed by atoms with Gasteiger partial charge in [0.2, 0.25) is 0 Å². The largest absolute Gasteiger partial charge is 0.477 e. The van der Waals surface area contributed by atoms with Gasteiger partial charge in [-0.15, -0.1) is 0 Å². The Balaban J connectivity index is 2.06. The van der Waals surface area contributed by atoms with Crippen molar-refractivity contribution >= 4 is 11.7 Å².